The second-order valence-corrected chi connectivity index (χ2v) is 4.67. The summed E-state index contributed by atoms with van der Waals surface area (Å²) in [6.45, 7) is 3.78. The highest BCUT2D eigenvalue weighted by Gasteiger charge is 2.18. The second-order valence-electron chi connectivity index (χ2n) is 4.67. The smallest absolute Gasteiger partial charge is 0.227 e. The van der Waals surface area contributed by atoms with Gasteiger partial charge in [-0.3, -0.25) is 4.79 Å². The van der Waals surface area contributed by atoms with Crippen molar-refractivity contribution in [1.29, 1.82) is 0 Å². The quantitative estimate of drug-likeness (QED) is 0.878. The lowest BCUT2D eigenvalue weighted by molar-refractivity contribution is -0.122. The van der Waals surface area contributed by atoms with Gasteiger partial charge in [-0.05, 0) is 31.9 Å². The van der Waals surface area contributed by atoms with Crippen molar-refractivity contribution in [2.24, 2.45) is 0 Å². The van der Waals surface area contributed by atoms with Gasteiger partial charge in [0.1, 0.15) is 0 Å². The van der Waals surface area contributed by atoms with Gasteiger partial charge in [-0.15, -0.1) is 12.4 Å². The Labute approximate surface area is 115 Å². The SMILES string of the molecule is CC(C(=O)NCC1CCCN1)c1ccccc1.Cl. The molecule has 1 saturated heterocycles. The van der Waals surface area contributed by atoms with Gasteiger partial charge in [0.2, 0.25) is 5.91 Å². The van der Waals surface area contributed by atoms with Crippen LogP contribution in [0.1, 0.15) is 31.2 Å². The molecule has 2 atom stereocenters. The monoisotopic (exact) mass is 268 g/mol. The minimum atomic E-state index is -0.0717. The van der Waals surface area contributed by atoms with Gasteiger partial charge in [0.15, 0.2) is 0 Å². The van der Waals surface area contributed by atoms with E-state index in [-0.39, 0.29) is 24.2 Å². The molecule has 1 aliphatic rings. The van der Waals surface area contributed by atoms with Crippen LogP contribution in [0.5, 0.6) is 0 Å². The van der Waals surface area contributed by atoms with Crippen LogP contribution in [0.4, 0.5) is 0 Å². The Bertz CT molecular complexity index is 363. The van der Waals surface area contributed by atoms with Crippen LogP contribution in [-0.4, -0.2) is 25.0 Å². The molecule has 1 amide bonds. The Morgan fingerprint density at radius 3 is 2.78 bits per heavy atom. The topological polar surface area (TPSA) is 41.1 Å². The Morgan fingerprint density at radius 2 is 2.17 bits per heavy atom. The first-order valence-corrected chi connectivity index (χ1v) is 6.33. The molecule has 0 aromatic heterocycles. The van der Waals surface area contributed by atoms with Gasteiger partial charge in [0, 0.05) is 12.6 Å². The van der Waals surface area contributed by atoms with Crippen LogP contribution in [0, 0.1) is 0 Å². The Hall–Kier alpha value is -1.06. The van der Waals surface area contributed by atoms with Crippen molar-refractivity contribution < 1.29 is 4.79 Å². The number of carbonyl (C=O) groups excluding carboxylic acids is 1. The molecule has 1 heterocycles. The molecule has 100 valence electrons. The number of halogens is 1. The van der Waals surface area contributed by atoms with E-state index in [2.05, 4.69) is 10.6 Å². The van der Waals surface area contributed by atoms with Crippen molar-refractivity contribution in [2.45, 2.75) is 31.7 Å². The summed E-state index contributed by atoms with van der Waals surface area (Å²) in [5, 5.41) is 6.40. The van der Waals surface area contributed by atoms with Crippen LogP contribution in [0.2, 0.25) is 0 Å². The lowest BCUT2D eigenvalue weighted by Gasteiger charge is -2.15. The van der Waals surface area contributed by atoms with E-state index in [1.807, 2.05) is 37.3 Å². The number of carbonyl (C=O) groups is 1. The predicted molar refractivity (Wildman–Crippen MR) is 76.1 cm³/mol. The highest BCUT2D eigenvalue weighted by Crippen LogP contribution is 2.14. The molecule has 0 aliphatic carbocycles. The molecule has 1 fully saturated rings. The van der Waals surface area contributed by atoms with E-state index in [4.69, 9.17) is 0 Å². The summed E-state index contributed by atoms with van der Waals surface area (Å²) >= 11 is 0. The van der Waals surface area contributed by atoms with Crippen LogP contribution in [0.3, 0.4) is 0 Å². The van der Waals surface area contributed by atoms with Crippen LogP contribution >= 0.6 is 12.4 Å². The predicted octanol–water partition coefficient (Wildman–Crippen LogP) is 2.08. The molecule has 4 heteroatoms. The van der Waals surface area contributed by atoms with Crippen molar-refractivity contribution in [3.63, 3.8) is 0 Å². The summed E-state index contributed by atoms with van der Waals surface area (Å²) in [6, 6.07) is 10.4. The molecule has 0 saturated carbocycles. The number of rotatable bonds is 4. The third kappa shape index (κ3) is 4.00. The maximum atomic E-state index is 12.0. The Morgan fingerprint density at radius 1 is 1.44 bits per heavy atom. The average molecular weight is 269 g/mol. The van der Waals surface area contributed by atoms with Crippen LogP contribution < -0.4 is 10.6 Å². The molecule has 0 bridgehead atoms. The molecular weight excluding hydrogens is 248 g/mol. The zero-order valence-electron chi connectivity index (χ0n) is 10.7. The summed E-state index contributed by atoms with van der Waals surface area (Å²) in [5.74, 6) is 0.0440. The van der Waals surface area contributed by atoms with Crippen molar-refractivity contribution in [2.75, 3.05) is 13.1 Å². The summed E-state index contributed by atoms with van der Waals surface area (Å²) in [5.41, 5.74) is 1.07. The molecule has 1 aliphatic heterocycles. The molecule has 2 rings (SSSR count). The Kier molecular flexibility index (Phi) is 6.16. The van der Waals surface area contributed by atoms with Gasteiger partial charge in [-0.1, -0.05) is 30.3 Å². The van der Waals surface area contributed by atoms with E-state index >= 15 is 0 Å². The van der Waals surface area contributed by atoms with E-state index in [0.29, 0.717) is 6.04 Å². The van der Waals surface area contributed by atoms with E-state index in [9.17, 15) is 4.79 Å². The molecule has 0 radical (unpaired) electrons. The van der Waals surface area contributed by atoms with E-state index in [0.717, 1.165) is 18.7 Å². The summed E-state index contributed by atoms with van der Waals surface area (Å²) < 4.78 is 0. The van der Waals surface area contributed by atoms with Gasteiger partial charge >= 0.3 is 0 Å². The van der Waals surface area contributed by atoms with Crippen LogP contribution in [0.15, 0.2) is 30.3 Å². The third-order valence-corrected chi connectivity index (χ3v) is 3.38. The average Bonchev–Trinajstić information content (AvgIpc) is 2.89. The molecule has 0 spiro atoms. The maximum absolute atomic E-state index is 12.0. The minimum absolute atomic E-state index is 0. The normalized spacial score (nSPS) is 19.9. The molecule has 2 N–H and O–H groups in total. The molecule has 3 nitrogen and oxygen atoms in total. The van der Waals surface area contributed by atoms with Gasteiger partial charge in [-0.25, -0.2) is 0 Å². The first kappa shape index (κ1) is 15.0. The number of nitrogens with one attached hydrogen (secondary N) is 2. The van der Waals surface area contributed by atoms with E-state index in [1.54, 1.807) is 0 Å². The second kappa shape index (κ2) is 7.39. The number of benzene rings is 1. The third-order valence-electron chi connectivity index (χ3n) is 3.38. The van der Waals surface area contributed by atoms with E-state index < -0.39 is 0 Å². The molecule has 2 unspecified atom stereocenters. The standard InChI is InChI=1S/C14H20N2O.ClH/c1-11(12-6-3-2-4-7-12)14(17)16-10-13-8-5-9-15-13;/h2-4,6-7,11,13,15H,5,8-10H2,1H3,(H,16,17);1H. The summed E-state index contributed by atoms with van der Waals surface area (Å²) in [6.07, 6.45) is 2.38. The summed E-state index contributed by atoms with van der Waals surface area (Å²) in [4.78, 5) is 12.0. The molecular formula is C14H21ClN2O. The number of amides is 1. The van der Waals surface area contributed by atoms with Gasteiger partial charge in [-0.2, -0.15) is 0 Å². The number of hydrogen-bond acceptors (Lipinski definition) is 2. The first-order chi connectivity index (χ1) is 8.27. The molecule has 18 heavy (non-hydrogen) atoms. The molecule has 1 aromatic rings. The van der Waals surface area contributed by atoms with Gasteiger partial charge < -0.3 is 10.6 Å². The van der Waals surface area contributed by atoms with Gasteiger partial charge in [0.25, 0.3) is 0 Å². The minimum Gasteiger partial charge on any atom is -0.354 e. The largest absolute Gasteiger partial charge is 0.354 e. The zero-order valence-corrected chi connectivity index (χ0v) is 11.5. The first-order valence-electron chi connectivity index (χ1n) is 6.33. The van der Waals surface area contributed by atoms with Crippen molar-refractivity contribution in [1.82, 2.24) is 10.6 Å². The van der Waals surface area contributed by atoms with Crippen LogP contribution in [0.25, 0.3) is 0 Å². The fraction of sp³-hybridized carbons (Fsp3) is 0.500. The fourth-order valence-corrected chi connectivity index (χ4v) is 2.20. The van der Waals surface area contributed by atoms with E-state index in [1.165, 1.54) is 12.8 Å². The fourth-order valence-electron chi connectivity index (χ4n) is 2.20. The Balaban J connectivity index is 0.00000162. The van der Waals surface area contributed by atoms with Crippen LogP contribution in [-0.2, 0) is 4.79 Å². The summed E-state index contributed by atoms with van der Waals surface area (Å²) in [7, 11) is 0. The number of hydrogen-bond donors (Lipinski definition) is 2. The van der Waals surface area contributed by atoms with Crippen molar-refractivity contribution in [3.8, 4) is 0 Å². The van der Waals surface area contributed by atoms with Crippen molar-refractivity contribution in [3.05, 3.63) is 35.9 Å². The van der Waals surface area contributed by atoms with Crippen molar-refractivity contribution >= 4 is 18.3 Å². The van der Waals surface area contributed by atoms with Gasteiger partial charge in [0.05, 0.1) is 5.92 Å². The maximum Gasteiger partial charge on any atom is 0.227 e. The highest BCUT2D eigenvalue weighted by molar-refractivity contribution is 5.85. The molecule has 1 aromatic carbocycles. The zero-order chi connectivity index (χ0) is 12.1. The lowest BCUT2D eigenvalue weighted by atomic mass is 10.0. The highest BCUT2D eigenvalue weighted by atomic mass is 35.5. The lowest BCUT2D eigenvalue weighted by Crippen LogP contribution is -2.38.